The second kappa shape index (κ2) is 5.12. The number of ketones is 1. The molecule has 0 aliphatic heterocycles. The molecule has 0 amide bonds. The maximum absolute atomic E-state index is 12.4. The predicted molar refractivity (Wildman–Crippen MR) is 72.5 cm³/mol. The molecule has 0 atom stereocenters. The number of aryl methyl sites for hydroxylation is 2. The average molecular weight is 283 g/mol. The van der Waals surface area contributed by atoms with Crippen molar-refractivity contribution in [3.63, 3.8) is 0 Å². The van der Waals surface area contributed by atoms with Gasteiger partial charge in [0.1, 0.15) is 5.69 Å². The molecule has 0 saturated heterocycles. The molecule has 0 aliphatic rings. The van der Waals surface area contributed by atoms with Gasteiger partial charge in [0.2, 0.25) is 5.78 Å². The first-order valence-electron chi connectivity index (χ1n) is 5.56. The lowest BCUT2D eigenvalue weighted by Crippen LogP contribution is -2.11. The van der Waals surface area contributed by atoms with Crippen LogP contribution in [0.4, 0.5) is 0 Å². The van der Waals surface area contributed by atoms with E-state index >= 15 is 0 Å². The summed E-state index contributed by atoms with van der Waals surface area (Å²) in [5.74, 6) is -0.204. The monoisotopic (exact) mass is 282 g/mol. The van der Waals surface area contributed by atoms with Gasteiger partial charge < -0.3 is 0 Å². The fourth-order valence-electron chi connectivity index (χ4n) is 1.76. The fourth-order valence-corrected chi connectivity index (χ4v) is 2.31. The molecule has 0 aliphatic carbocycles. The standard InChI is InChI=1S/C13H12Cl2N2O/c1-3-17-12(11(15)7-16-17)13(18)9-5-4-8(2)6-10(9)14/h4-7H,3H2,1-2H3. The van der Waals surface area contributed by atoms with Crippen molar-refractivity contribution in [1.29, 1.82) is 0 Å². The number of nitrogens with zero attached hydrogens (tertiary/aromatic N) is 2. The van der Waals surface area contributed by atoms with Gasteiger partial charge in [0.05, 0.1) is 16.2 Å². The highest BCUT2D eigenvalue weighted by molar-refractivity contribution is 6.37. The van der Waals surface area contributed by atoms with E-state index in [0.29, 0.717) is 27.8 Å². The molecule has 0 radical (unpaired) electrons. The number of hydrogen-bond acceptors (Lipinski definition) is 2. The minimum atomic E-state index is -0.204. The Bertz CT molecular complexity index is 605. The molecule has 5 heteroatoms. The Hall–Kier alpha value is -1.32. The molecule has 0 saturated carbocycles. The third kappa shape index (κ3) is 2.28. The van der Waals surface area contributed by atoms with Crippen LogP contribution in [0.1, 0.15) is 28.5 Å². The minimum Gasteiger partial charge on any atom is -0.287 e. The normalized spacial score (nSPS) is 10.7. The van der Waals surface area contributed by atoms with Crippen LogP contribution in [0.2, 0.25) is 10.0 Å². The number of carbonyl (C=O) groups is 1. The van der Waals surface area contributed by atoms with Crippen molar-refractivity contribution in [3.8, 4) is 0 Å². The van der Waals surface area contributed by atoms with Gasteiger partial charge in [-0.1, -0.05) is 29.3 Å². The quantitative estimate of drug-likeness (QED) is 0.804. The molecule has 1 aromatic heterocycles. The zero-order chi connectivity index (χ0) is 13.3. The maximum Gasteiger partial charge on any atom is 0.214 e. The molecular formula is C13H12Cl2N2O. The summed E-state index contributed by atoms with van der Waals surface area (Å²) in [6, 6.07) is 5.32. The fraction of sp³-hybridized carbons (Fsp3) is 0.231. The molecule has 0 spiro atoms. The summed E-state index contributed by atoms with van der Waals surface area (Å²) in [6.45, 7) is 4.40. The van der Waals surface area contributed by atoms with E-state index in [1.807, 2.05) is 19.9 Å². The van der Waals surface area contributed by atoms with Crippen molar-refractivity contribution in [2.75, 3.05) is 0 Å². The number of halogens is 2. The lowest BCUT2D eigenvalue weighted by molar-refractivity contribution is 0.102. The number of hydrogen-bond donors (Lipinski definition) is 0. The Morgan fingerprint density at radius 2 is 2.06 bits per heavy atom. The molecule has 0 fully saturated rings. The topological polar surface area (TPSA) is 34.9 Å². The average Bonchev–Trinajstić information content (AvgIpc) is 2.69. The third-order valence-electron chi connectivity index (χ3n) is 2.68. The second-order valence-electron chi connectivity index (χ2n) is 3.97. The maximum atomic E-state index is 12.4. The molecule has 0 unspecified atom stereocenters. The van der Waals surface area contributed by atoms with E-state index in [4.69, 9.17) is 23.2 Å². The van der Waals surface area contributed by atoms with Crippen molar-refractivity contribution in [2.45, 2.75) is 20.4 Å². The summed E-state index contributed by atoms with van der Waals surface area (Å²) >= 11 is 12.1. The van der Waals surface area contributed by atoms with Crippen LogP contribution < -0.4 is 0 Å². The van der Waals surface area contributed by atoms with E-state index in [2.05, 4.69) is 5.10 Å². The van der Waals surface area contributed by atoms with Gasteiger partial charge in [-0.2, -0.15) is 5.10 Å². The van der Waals surface area contributed by atoms with Crippen molar-refractivity contribution in [1.82, 2.24) is 9.78 Å². The molecule has 2 rings (SSSR count). The number of rotatable bonds is 3. The summed E-state index contributed by atoms with van der Waals surface area (Å²) in [6.07, 6.45) is 1.47. The molecule has 1 heterocycles. The summed E-state index contributed by atoms with van der Waals surface area (Å²) in [4.78, 5) is 12.4. The van der Waals surface area contributed by atoms with E-state index in [9.17, 15) is 4.79 Å². The highest BCUT2D eigenvalue weighted by atomic mass is 35.5. The Labute approximate surface area is 115 Å². The summed E-state index contributed by atoms with van der Waals surface area (Å²) in [5, 5.41) is 4.83. The molecule has 94 valence electrons. The van der Waals surface area contributed by atoms with Gasteiger partial charge in [-0.3, -0.25) is 9.48 Å². The third-order valence-corrected chi connectivity index (χ3v) is 3.27. The van der Waals surface area contributed by atoms with Crippen molar-refractivity contribution < 1.29 is 4.79 Å². The van der Waals surface area contributed by atoms with Crippen LogP contribution in [-0.2, 0) is 6.54 Å². The van der Waals surface area contributed by atoms with Crippen LogP contribution in [0.25, 0.3) is 0 Å². The molecule has 0 N–H and O–H groups in total. The lowest BCUT2D eigenvalue weighted by atomic mass is 10.1. The summed E-state index contributed by atoms with van der Waals surface area (Å²) < 4.78 is 1.57. The van der Waals surface area contributed by atoms with Crippen LogP contribution in [0, 0.1) is 6.92 Å². The van der Waals surface area contributed by atoms with Gasteiger partial charge in [0.25, 0.3) is 0 Å². The molecule has 2 aromatic rings. The van der Waals surface area contributed by atoms with Gasteiger partial charge in [0.15, 0.2) is 0 Å². The van der Waals surface area contributed by atoms with E-state index in [1.165, 1.54) is 6.20 Å². The first-order valence-corrected chi connectivity index (χ1v) is 6.32. The number of aromatic nitrogens is 2. The highest BCUT2D eigenvalue weighted by Crippen LogP contribution is 2.24. The first kappa shape index (κ1) is 13.1. The van der Waals surface area contributed by atoms with E-state index in [1.54, 1.807) is 16.8 Å². The summed E-state index contributed by atoms with van der Waals surface area (Å²) in [5.41, 5.74) is 1.83. The van der Waals surface area contributed by atoms with Crippen LogP contribution in [0.3, 0.4) is 0 Å². The van der Waals surface area contributed by atoms with Gasteiger partial charge >= 0.3 is 0 Å². The predicted octanol–water partition coefficient (Wildman–Crippen LogP) is 3.75. The van der Waals surface area contributed by atoms with Crippen LogP contribution in [0.15, 0.2) is 24.4 Å². The Kier molecular flexibility index (Phi) is 3.73. The van der Waals surface area contributed by atoms with E-state index in [0.717, 1.165) is 5.56 Å². The zero-order valence-corrected chi connectivity index (χ0v) is 11.6. The van der Waals surface area contributed by atoms with E-state index in [-0.39, 0.29) is 5.78 Å². The zero-order valence-electron chi connectivity index (χ0n) is 10.1. The smallest absolute Gasteiger partial charge is 0.214 e. The molecule has 18 heavy (non-hydrogen) atoms. The number of benzene rings is 1. The minimum absolute atomic E-state index is 0.204. The Balaban J connectivity index is 2.51. The first-order chi connectivity index (χ1) is 8.54. The molecule has 0 bridgehead atoms. The second-order valence-corrected chi connectivity index (χ2v) is 4.78. The van der Waals surface area contributed by atoms with Crippen molar-refractivity contribution in [2.24, 2.45) is 0 Å². The van der Waals surface area contributed by atoms with Crippen LogP contribution in [-0.4, -0.2) is 15.6 Å². The van der Waals surface area contributed by atoms with Crippen molar-refractivity contribution >= 4 is 29.0 Å². The van der Waals surface area contributed by atoms with Gasteiger partial charge in [-0.25, -0.2) is 0 Å². The van der Waals surface area contributed by atoms with Crippen molar-refractivity contribution in [3.05, 3.63) is 51.3 Å². The van der Waals surface area contributed by atoms with Gasteiger partial charge in [0, 0.05) is 12.1 Å². The molecular weight excluding hydrogens is 271 g/mol. The van der Waals surface area contributed by atoms with Crippen LogP contribution in [0.5, 0.6) is 0 Å². The number of carbonyl (C=O) groups excluding carboxylic acids is 1. The Morgan fingerprint density at radius 3 is 2.67 bits per heavy atom. The van der Waals surface area contributed by atoms with E-state index < -0.39 is 0 Å². The van der Waals surface area contributed by atoms with Gasteiger partial charge in [-0.15, -0.1) is 0 Å². The lowest BCUT2D eigenvalue weighted by Gasteiger charge is -2.07. The summed E-state index contributed by atoms with van der Waals surface area (Å²) in [7, 11) is 0. The molecule has 1 aromatic carbocycles. The van der Waals surface area contributed by atoms with Crippen LogP contribution >= 0.6 is 23.2 Å². The highest BCUT2D eigenvalue weighted by Gasteiger charge is 2.20. The molecule has 3 nitrogen and oxygen atoms in total. The largest absolute Gasteiger partial charge is 0.287 e. The SMILES string of the molecule is CCn1ncc(Cl)c1C(=O)c1ccc(C)cc1Cl. The van der Waals surface area contributed by atoms with Gasteiger partial charge in [-0.05, 0) is 31.5 Å². The Morgan fingerprint density at radius 1 is 1.33 bits per heavy atom.